The number of primary amides is 1. The molecule has 0 unspecified atom stereocenters. The number of fused-ring (bicyclic) bond motifs is 1. The summed E-state index contributed by atoms with van der Waals surface area (Å²) in [5.41, 5.74) is 7.34. The summed E-state index contributed by atoms with van der Waals surface area (Å²) < 4.78 is 18.4. The molecule has 276 valence electrons. The Hall–Kier alpha value is -5.38. The smallest absolute Gasteiger partial charge is 0.410 e. The third kappa shape index (κ3) is 10.8. The Kier molecular flexibility index (Phi) is 14.0. The molecule has 2 aromatic carbocycles. The van der Waals surface area contributed by atoms with Gasteiger partial charge in [-0.05, 0) is 44.9 Å². The van der Waals surface area contributed by atoms with Gasteiger partial charge in [0.2, 0.25) is 5.91 Å². The molecular formula is C35H48N8O8. The number of nitrogens with zero attached hydrogens (tertiary/aromatic N) is 5. The SMILES string of the molecule is CCOC(=O)CCN(C(N)=O)c1nn(C)c2c(OCCCN3[C@H](C)CN(C(=O)OCc4ccccc4)C[C@@H]3C)cccc12.O=C1CCNC(=O)N1. The van der Waals surface area contributed by atoms with Gasteiger partial charge in [0.05, 0.1) is 19.6 Å². The maximum absolute atomic E-state index is 12.7. The van der Waals surface area contributed by atoms with Crippen molar-refractivity contribution in [3.8, 4) is 5.75 Å². The highest BCUT2D eigenvalue weighted by Crippen LogP contribution is 2.32. The quantitative estimate of drug-likeness (QED) is 0.186. The van der Waals surface area contributed by atoms with Crippen molar-refractivity contribution >= 4 is 46.8 Å². The van der Waals surface area contributed by atoms with E-state index in [-0.39, 0.29) is 56.3 Å². The number of rotatable bonds is 12. The number of nitrogens with one attached hydrogen (secondary N) is 2. The molecule has 3 aromatic rings. The van der Waals surface area contributed by atoms with Gasteiger partial charge < -0.3 is 30.2 Å². The normalized spacial score (nSPS) is 17.5. The molecule has 6 amide bonds. The topological polar surface area (TPSA) is 191 Å². The lowest BCUT2D eigenvalue weighted by atomic mass is 10.1. The van der Waals surface area contributed by atoms with Crippen LogP contribution >= 0.6 is 0 Å². The van der Waals surface area contributed by atoms with E-state index in [4.69, 9.17) is 19.9 Å². The lowest BCUT2D eigenvalue weighted by Gasteiger charge is -2.44. The van der Waals surface area contributed by atoms with E-state index in [0.717, 1.165) is 24.0 Å². The molecule has 2 fully saturated rings. The number of hydrogen-bond acceptors (Lipinski definition) is 10. The first-order chi connectivity index (χ1) is 24.5. The Bertz CT molecular complexity index is 1640. The number of benzene rings is 2. The molecule has 2 atom stereocenters. The van der Waals surface area contributed by atoms with E-state index >= 15 is 0 Å². The van der Waals surface area contributed by atoms with E-state index in [1.165, 1.54) is 4.90 Å². The van der Waals surface area contributed by atoms with Gasteiger partial charge in [-0.25, -0.2) is 14.4 Å². The van der Waals surface area contributed by atoms with Crippen molar-refractivity contribution < 1.29 is 38.2 Å². The maximum atomic E-state index is 12.7. The van der Waals surface area contributed by atoms with Crippen LogP contribution in [0.1, 0.15) is 45.6 Å². The molecule has 0 spiro atoms. The summed E-state index contributed by atoms with van der Waals surface area (Å²) in [6.45, 7) is 9.50. The predicted octanol–water partition coefficient (Wildman–Crippen LogP) is 3.13. The van der Waals surface area contributed by atoms with Crippen molar-refractivity contribution in [2.45, 2.75) is 58.7 Å². The van der Waals surface area contributed by atoms with Gasteiger partial charge in [-0.2, -0.15) is 5.10 Å². The van der Waals surface area contributed by atoms with Gasteiger partial charge in [0.25, 0.3) is 0 Å². The van der Waals surface area contributed by atoms with Gasteiger partial charge >= 0.3 is 24.1 Å². The molecule has 0 radical (unpaired) electrons. The van der Waals surface area contributed by atoms with E-state index in [9.17, 15) is 24.0 Å². The van der Waals surface area contributed by atoms with Crippen LogP contribution in [0.5, 0.6) is 5.75 Å². The van der Waals surface area contributed by atoms with Gasteiger partial charge in [0, 0.05) is 63.7 Å². The van der Waals surface area contributed by atoms with Gasteiger partial charge in [-0.15, -0.1) is 0 Å². The molecule has 5 rings (SSSR count). The number of aromatic nitrogens is 2. The number of esters is 1. The fourth-order valence-electron chi connectivity index (χ4n) is 6.06. The number of aryl methyl sites for hydroxylation is 1. The van der Waals surface area contributed by atoms with Crippen LogP contribution in [-0.4, -0.2) is 108 Å². The third-order valence-electron chi connectivity index (χ3n) is 8.45. The zero-order valence-electron chi connectivity index (χ0n) is 29.6. The van der Waals surface area contributed by atoms with Crippen molar-refractivity contribution in [2.24, 2.45) is 12.8 Å². The van der Waals surface area contributed by atoms with Crippen LogP contribution in [-0.2, 0) is 32.7 Å². The molecule has 16 nitrogen and oxygen atoms in total. The van der Waals surface area contributed by atoms with Gasteiger partial charge in [0.15, 0.2) is 5.82 Å². The number of urea groups is 2. The highest BCUT2D eigenvalue weighted by atomic mass is 16.6. The summed E-state index contributed by atoms with van der Waals surface area (Å²) in [5, 5.41) is 9.75. The molecule has 0 bridgehead atoms. The molecule has 2 aliphatic heterocycles. The molecule has 16 heteroatoms. The number of para-hydroxylation sites is 1. The molecule has 1 aromatic heterocycles. The molecule has 2 aliphatic rings. The Morgan fingerprint density at radius 1 is 1.02 bits per heavy atom. The Labute approximate surface area is 297 Å². The second-order valence-corrected chi connectivity index (χ2v) is 12.3. The number of nitrogens with two attached hydrogens (primary N) is 1. The molecule has 2 saturated heterocycles. The molecule has 3 heterocycles. The summed E-state index contributed by atoms with van der Waals surface area (Å²) in [6.07, 6.45) is 0.891. The summed E-state index contributed by atoms with van der Waals surface area (Å²) in [6, 6.07) is 14.5. The molecule has 0 aliphatic carbocycles. The number of ether oxygens (including phenoxy) is 3. The summed E-state index contributed by atoms with van der Waals surface area (Å²) in [5.74, 6) is 0.392. The third-order valence-corrected chi connectivity index (χ3v) is 8.45. The first-order valence-corrected chi connectivity index (χ1v) is 17.1. The van der Waals surface area contributed by atoms with Crippen molar-refractivity contribution in [3.05, 3.63) is 54.1 Å². The predicted molar refractivity (Wildman–Crippen MR) is 189 cm³/mol. The second-order valence-electron chi connectivity index (χ2n) is 12.3. The molecule has 51 heavy (non-hydrogen) atoms. The van der Waals surface area contributed by atoms with Crippen LogP contribution in [0.25, 0.3) is 10.9 Å². The van der Waals surface area contributed by atoms with Crippen molar-refractivity contribution in [1.82, 2.24) is 30.2 Å². The van der Waals surface area contributed by atoms with E-state index < -0.39 is 12.0 Å². The largest absolute Gasteiger partial charge is 0.491 e. The van der Waals surface area contributed by atoms with Crippen LogP contribution in [0.3, 0.4) is 0 Å². The number of carbonyl (C=O) groups is 5. The average Bonchev–Trinajstić information content (AvgIpc) is 3.43. The first-order valence-electron chi connectivity index (χ1n) is 17.1. The highest BCUT2D eigenvalue weighted by molar-refractivity contribution is 6.02. The maximum Gasteiger partial charge on any atom is 0.410 e. The van der Waals surface area contributed by atoms with E-state index in [0.29, 0.717) is 49.6 Å². The summed E-state index contributed by atoms with van der Waals surface area (Å²) in [4.78, 5) is 62.8. The lowest BCUT2D eigenvalue weighted by Crippen LogP contribution is -2.58. The Morgan fingerprint density at radius 2 is 1.75 bits per heavy atom. The standard InChI is InChI=1S/C31H42N6O6.C4H6N2O2/c1-5-41-27(38)15-17-37(30(32)39)29-25-13-9-14-26(28(25)34(4)33-29)42-18-10-16-36-22(2)19-35(20-23(36)3)31(40)43-21-24-11-7-6-8-12-24;7-3-1-2-5-4(8)6-3/h6-9,11-14,22-23H,5,10,15-21H2,1-4H3,(H2,32,39);1-2H2,(H2,5,6,7,8)/t22-,23+;. The second kappa shape index (κ2) is 18.6. The minimum absolute atomic E-state index is 0.00498. The molecular weight excluding hydrogens is 660 g/mol. The van der Waals surface area contributed by atoms with Crippen LogP contribution in [0.2, 0.25) is 0 Å². The summed E-state index contributed by atoms with van der Waals surface area (Å²) >= 11 is 0. The minimum atomic E-state index is -0.705. The van der Waals surface area contributed by atoms with Gasteiger partial charge in [-0.1, -0.05) is 36.4 Å². The number of piperazine rings is 1. The van der Waals surface area contributed by atoms with Gasteiger partial charge in [0.1, 0.15) is 17.9 Å². The number of carbonyl (C=O) groups excluding carboxylic acids is 5. The van der Waals surface area contributed by atoms with Crippen molar-refractivity contribution in [2.75, 3.05) is 50.8 Å². The zero-order chi connectivity index (χ0) is 36.9. The Morgan fingerprint density at radius 3 is 2.37 bits per heavy atom. The molecule has 0 saturated carbocycles. The zero-order valence-corrected chi connectivity index (χ0v) is 29.6. The first kappa shape index (κ1) is 38.4. The van der Waals surface area contributed by atoms with Crippen LogP contribution in [0.15, 0.2) is 48.5 Å². The number of hydrogen-bond donors (Lipinski definition) is 3. The summed E-state index contributed by atoms with van der Waals surface area (Å²) in [7, 11) is 1.77. The Balaban J connectivity index is 0.000000641. The monoisotopic (exact) mass is 708 g/mol. The fourth-order valence-corrected chi connectivity index (χ4v) is 6.06. The van der Waals surface area contributed by atoms with Crippen LogP contribution in [0, 0.1) is 0 Å². The van der Waals surface area contributed by atoms with E-state index in [1.807, 2.05) is 48.5 Å². The van der Waals surface area contributed by atoms with Crippen LogP contribution in [0.4, 0.5) is 20.2 Å². The average molecular weight is 709 g/mol. The lowest BCUT2D eigenvalue weighted by molar-refractivity contribution is -0.142. The minimum Gasteiger partial charge on any atom is -0.491 e. The highest BCUT2D eigenvalue weighted by Gasteiger charge is 2.32. The van der Waals surface area contributed by atoms with E-state index in [2.05, 4.69) is 34.5 Å². The van der Waals surface area contributed by atoms with Gasteiger partial charge in [-0.3, -0.25) is 29.4 Å². The molecule has 4 N–H and O–H groups in total. The van der Waals surface area contributed by atoms with Crippen molar-refractivity contribution in [1.29, 1.82) is 0 Å². The number of imide groups is 1. The number of anilines is 1. The van der Waals surface area contributed by atoms with E-state index in [1.54, 1.807) is 23.6 Å². The number of amides is 6. The van der Waals surface area contributed by atoms with Crippen LogP contribution < -0.4 is 26.0 Å². The van der Waals surface area contributed by atoms with Crippen molar-refractivity contribution in [3.63, 3.8) is 0 Å². The fraction of sp³-hybridized carbons (Fsp3) is 0.486.